The van der Waals surface area contributed by atoms with Crippen molar-refractivity contribution < 1.29 is 27.7 Å². The lowest BCUT2D eigenvalue weighted by atomic mass is 10.1. The molecule has 0 radical (unpaired) electrons. The van der Waals surface area contributed by atoms with Gasteiger partial charge in [0.2, 0.25) is 0 Å². The van der Waals surface area contributed by atoms with Crippen LogP contribution in [0.5, 0.6) is 0 Å². The van der Waals surface area contributed by atoms with Crippen LogP contribution in [0.3, 0.4) is 0 Å². The molecule has 3 aromatic carbocycles. The molecule has 5 nitrogen and oxygen atoms in total. The predicted octanol–water partition coefficient (Wildman–Crippen LogP) is 4.97. The van der Waals surface area contributed by atoms with E-state index in [1.165, 1.54) is 0 Å². The highest BCUT2D eigenvalue weighted by Crippen LogP contribution is 2.47. The van der Waals surface area contributed by atoms with E-state index in [0.717, 1.165) is 24.3 Å². The summed E-state index contributed by atoms with van der Waals surface area (Å²) in [5.74, 6) is 0. The molecular formula is C21H17F3NO4P. The Bertz CT molecular complexity index is 998. The van der Waals surface area contributed by atoms with E-state index in [2.05, 4.69) is 0 Å². The molecule has 0 aliphatic rings. The second kappa shape index (κ2) is 8.71. The van der Waals surface area contributed by atoms with E-state index in [4.69, 9.17) is 4.84 Å². The molecule has 0 aromatic heterocycles. The van der Waals surface area contributed by atoms with Crippen LogP contribution in [-0.4, -0.2) is 11.2 Å². The van der Waals surface area contributed by atoms with Crippen molar-refractivity contribution in [2.45, 2.75) is 12.3 Å². The molecule has 0 spiro atoms. The van der Waals surface area contributed by atoms with E-state index in [1.807, 2.05) is 0 Å². The molecule has 3 rings (SSSR count). The summed E-state index contributed by atoms with van der Waals surface area (Å²) in [6.07, 6.45) is -6.14. The van der Waals surface area contributed by atoms with Crippen LogP contribution >= 0.6 is 7.14 Å². The minimum Gasteiger partial charge on any atom is -0.314 e. The topological polar surface area (TPSA) is 69.4 Å². The summed E-state index contributed by atoms with van der Waals surface area (Å²) >= 11 is 0. The molecule has 3 aromatic rings. The maximum absolute atomic E-state index is 14.1. The van der Waals surface area contributed by atoms with Gasteiger partial charge in [-0.05, 0) is 17.7 Å². The van der Waals surface area contributed by atoms with Crippen molar-refractivity contribution in [1.82, 2.24) is 0 Å². The average Bonchev–Trinajstić information content (AvgIpc) is 2.73. The molecular weight excluding hydrogens is 418 g/mol. The number of hydrogen-bond acceptors (Lipinski definition) is 4. The third kappa shape index (κ3) is 4.89. The Morgan fingerprint density at radius 2 is 1.33 bits per heavy atom. The lowest BCUT2D eigenvalue weighted by Crippen LogP contribution is -2.24. The van der Waals surface area contributed by atoms with Gasteiger partial charge in [-0.1, -0.05) is 72.8 Å². The number of hydrogen-bond donors (Lipinski definition) is 0. The minimum absolute atomic E-state index is 0.131. The van der Waals surface area contributed by atoms with Gasteiger partial charge in [0, 0.05) is 16.8 Å². The van der Waals surface area contributed by atoms with Gasteiger partial charge < -0.3 is 9.40 Å². The van der Waals surface area contributed by atoms with E-state index in [1.54, 1.807) is 60.7 Å². The van der Waals surface area contributed by atoms with Gasteiger partial charge in [0.25, 0.3) is 5.09 Å². The monoisotopic (exact) mass is 435 g/mol. The lowest BCUT2D eigenvalue weighted by molar-refractivity contribution is -0.769. The molecule has 0 amide bonds. The maximum atomic E-state index is 14.1. The first-order chi connectivity index (χ1) is 14.2. The van der Waals surface area contributed by atoms with Gasteiger partial charge >= 0.3 is 6.18 Å². The largest absolute Gasteiger partial charge is 0.416 e. The third-order valence-corrected chi connectivity index (χ3v) is 7.70. The standard InChI is InChI=1S/C21H17F3NO4P/c22-21(23,24)17-13-11-16(12-14-17)20(29-25(26)27)15-30(28,18-7-3-1-4-8-18)19-9-5-2-6-10-19/h1-14,20H,15H2. The molecule has 0 heterocycles. The number of rotatable bonds is 7. The second-order valence-electron chi connectivity index (χ2n) is 6.53. The van der Waals surface area contributed by atoms with E-state index in [-0.39, 0.29) is 11.7 Å². The van der Waals surface area contributed by atoms with Crippen molar-refractivity contribution in [3.63, 3.8) is 0 Å². The Labute approximate surface area is 170 Å². The van der Waals surface area contributed by atoms with Crippen LogP contribution in [0.4, 0.5) is 13.2 Å². The normalized spacial score (nSPS) is 12.9. The van der Waals surface area contributed by atoms with Crippen LogP contribution in [0.2, 0.25) is 0 Å². The quantitative estimate of drug-likeness (QED) is 0.299. The fourth-order valence-electron chi connectivity index (χ4n) is 3.12. The maximum Gasteiger partial charge on any atom is 0.416 e. The molecule has 0 bridgehead atoms. The first kappa shape index (κ1) is 21.6. The zero-order valence-electron chi connectivity index (χ0n) is 15.5. The molecule has 0 saturated heterocycles. The van der Waals surface area contributed by atoms with Gasteiger partial charge in [-0.15, -0.1) is 10.1 Å². The third-order valence-electron chi connectivity index (χ3n) is 4.59. The van der Waals surface area contributed by atoms with Gasteiger partial charge in [-0.25, -0.2) is 0 Å². The Balaban J connectivity index is 2.04. The summed E-state index contributed by atoms with van der Waals surface area (Å²) in [7, 11) is -3.40. The minimum atomic E-state index is -4.54. The summed E-state index contributed by atoms with van der Waals surface area (Å²) in [6, 6.07) is 20.8. The molecule has 9 heteroatoms. The summed E-state index contributed by atoms with van der Waals surface area (Å²) < 4.78 is 52.7. The molecule has 0 fully saturated rings. The molecule has 0 aliphatic heterocycles. The van der Waals surface area contributed by atoms with Crippen LogP contribution in [0.25, 0.3) is 0 Å². The SMILES string of the molecule is O=[N+]([O-])OC(CP(=O)(c1ccccc1)c1ccccc1)c1ccc(C(F)(F)F)cc1. The fourth-order valence-corrected chi connectivity index (χ4v) is 5.89. The predicted molar refractivity (Wildman–Crippen MR) is 107 cm³/mol. The summed E-state index contributed by atoms with van der Waals surface area (Å²) in [4.78, 5) is 15.9. The molecule has 0 saturated carbocycles. The highest BCUT2D eigenvalue weighted by Gasteiger charge is 2.34. The Kier molecular flexibility index (Phi) is 6.27. The summed E-state index contributed by atoms with van der Waals surface area (Å²) in [6.45, 7) is 0. The molecule has 0 N–H and O–H groups in total. The van der Waals surface area contributed by atoms with Crippen LogP contribution in [0, 0.1) is 10.1 Å². The van der Waals surface area contributed by atoms with Gasteiger partial charge in [-0.2, -0.15) is 13.2 Å². The van der Waals surface area contributed by atoms with Crippen LogP contribution in [0.1, 0.15) is 17.2 Å². The lowest BCUT2D eigenvalue weighted by Gasteiger charge is -2.24. The fraction of sp³-hybridized carbons (Fsp3) is 0.143. The molecule has 0 aliphatic carbocycles. The van der Waals surface area contributed by atoms with Crippen molar-refractivity contribution in [3.05, 3.63) is 106 Å². The molecule has 1 unspecified atom stereocenters. The Hall–Kier alpha value is -3.12. The second-order valence-corrected chi connectivity index (χ2v) is 9.41. The van der Waals surface area contributed by atoms with Gasteiger partial charge in [-0.3, -0.25) is 0 Å². The zero-order valence-corrected chi connectivity index (χ0v) is 16.4. The Morgan fingerprint density at radius 1 is 0.867 bits per heavy atom. The van der Waals surface area contributed by atoms with E-state index in [0.29, 0.717) is 10.6 Å². The summed E-state index contributed by atoms with van der Waals surface area (Å²) in [5, 5.41) is 11.0. The van der Waals surface area contributed by atoms with E-state index in [9.17, 15) is 27.9 Å². The van der Waals surface area contributed by atoms with Crippen molar-refractivity contribution in [3.8, 4) is 0 Å². The zero-order chi connectivity index (χ0) is 21.8. The molecule has 156 valence electrons. The van der Waals surface area contributed by atoms with Crippen molar-refractivity contribution in [2.75, 3.05) is 6.16 Å². The van der Waals surface area contributed by atoms with Crippen LogP contribution in [0.15, 0.2) is 84.9 Å². The van der Waals surface area contributed by atoms with Crippen LogP contribution < -0.4 is 10.6 Å². The van der Waals surface area contributed by atoms with E-state index >= 15 is 0 Å². The first-order valence-electron chi connectivity index (χ1n) is 8.89. The van der Waals surface area contributed by atoms with Gasteiger partial charge in [0.05, 0.1) is 5.56 Å². The average molecular weight is 435 g/mol. The van der Waals surface area contributed by atoms with E-state index < -0.39 is 30.1 Å². The first-order valence-corrected chi connectivity index (χ1v) is 10.8. The number of benzene rings is 3. The molecule has 1 atom stereocenters. The Morgan fingerprint density at radius 3 is 1.73 bits per heavy atom. The van der Waals surface area contributed by atoms with Crippen molar-refractivity contribution >= 4 is 17.8 Å². The van der Waals surface area contributed by atoms with Crippen molar-refractivity contribution in [1.29, 1.82) is 0 Å². The smallest absolute Gasteiger partial charge is 0.314 e. The summed E-state index contributed by atoms with van der Waals surface area (Å²) in [5.41, 5.74) is -0.757. The molecule has 30 heavy (non-hydrogen) atoms. The number of nitrogens with zero attached hydrogens (tertiary/aromatic N) is 1. The van der Waals surface area contributed by atoms with Gasteiger partial charge in [0.15, 0.2) is 0 Å². The number of alkyl halides is 3. The van der Waals surface area contributed by atoms with Crippen molar-refractivity contribution in [2.24, 2.45) is 0 Å². The highest BCUT2D eigenvalue weighted by molar-refractivity contribution is 7.78. The number of halogens is 3. The van der Waals surface area contributed by atoms with Gasteiger partial charge in [0.1, 0.15) is 13.2 Å². The highest BCUT2D eigenvalue weighted by atomic mass is 31.2. The van der Waals surface area contributed by atoms with Crippen LogP contribution in [-0.2, 0) is 15.6 Å².